The number of aliphatic hydroxyl groups is 2. The van der Waals surface area contributed by atoms with Gasteiger partial charge in [0.15, 0.2) is 5.79 Å². The zero-order valence-corrected chi connectivity index (χ0v) is 27.1. The molecular weight excluding hydrogens is 704 g/mol. The van der Waals surface area contributed by atoms with E-state index >= 15 is 0 Å². The highest BCUT2D eigenvalue weighted by Gasteiger charge is 2.70. The van der Waals surface area contributed by atoms with E-state index < -0.39 is 61.3 Å². The molecule has 1 heterocycles. The van der Waals surface area contributed by atoms with Gasteiger partial charge in [0.05, 0.1) is 25.0 Å². The lowest BCUT2D eigenvalue weighted by Crippen LogP contribution is -2.65. The van der Waals surface area contributed by atoms with Crippen LogP contribution < -0.4 is 0 Å². The number of carbonyl (C=O) groups is 3. The minimum atomic E-state index is -4.54. The van der Waals surface area contributed by atoms with Crippen LogP contribution in [0.2, 0.25) is 0 Å². The van der Waals surface area contributed by atoms with Crippen LogP contribution >= 0.6 is 0 Å². The van der Waals surface area contributed by atoms with Crippen LogP contribution in [0.1, 0.15) is 79.1 Å². The van der Waals surface area contributed by atoms with Crippen molar-refractivity contribution in [1.82, 2.24) is 0 Å². The number of halogens is 8. The molecule has 2 N–H and O–H groups in total. The number of ketones is 1. The van der Waals surface area contributed by atoms with E-state index in [0.29, 0.717) is 43.8 Å². The topological polar surface area (TPSA) is 129 Å². The summed E-state index contributed by atoms with van der Waals surface area (Å²) in [6.07, 6.45) is 7.26. The molecule has 0 amide bonds. The first-order valence-electron chi connectivity index (χ1n) is 16.4. The minimum absolute atomic E-state index is 0. The van der Waals surface area contributed by atoms with Crippen LogP contribution in [0.5, 0.6) is 0 Å². The van der Waals surface area contributed by atoms with Crippen LogP contribution in [0.3, 0.4) is 0 Å². The molecular formula is C34H50F8O9. The Kier molecular flexibility index (Phi) is 12.4. The number of methoxy groups -OCH3 is 2. The van der Waals surface area contributed by atoms with Gasteiger partial charge in [0, 0.05) is 23.7 Å². The summed E-state index contributed by atoms with van der Waals surface area (Å²) < 4.78 is 122. The predicted molar refractivity (Wildman–Crippen MR) is 163 cm³/mol. The molecule has 1 spiro atoms. The molecule has 0 aromatic carbocycles. The van der Waals surface area contributed by atoms with E-state index in [-0.39, 0.29) is 61.8 Å². The molecule has 8 saturated carbocycles. The Balaban J connectivity index is 0.000000224. The molecule has 1 saturated heterocycles. The summed E-state index contributed by atoms with van der Waals surface area (Å²) >= 11 is 0. The molecule has 9 nitrogen and oxygen atoms in total. The second-order valence-corrected chi connectivity index (χ2v) is 15.1. The van der Waals surface area contributed by atoms with E-state index in [1.807, 2.05) is 0 Å². The Morgan fingerprint density at radius 1 is 0.686 bits per heavy atom. The monoisotopic (exact) mass is 754 g/mol. The fraction of sp³-hybridized carbons (Fsp3) is 0.912. The average Bonchev–Trinajstić information content (AvgIpc) is 3.14. The molecule has 9 rings (SSSR count). The van der Waals surface area contributed by atoms with Crippen LogP contribution in [-0.4, -0.2) is 98.1 Å². The van der Waals surface area contributed by atoms with Crippen molar-refractivity contribution in [3.05, 3.63) is 0 Å². The third-order valence-corrected chi connectivity index (χ3v) is 12.0. The zero-order valence-electron chi connectivity index (χ0n) is 27.1. The fourth-order valence-electron chi connectivity index (χ4n) is 9.97. The molecule has 296 valence electrons. The van der Waals surface area contributed by atoms with Crippen molar-refractivity contribution in [1.29, 1.82) is 0 Å². The van der Waals surface area contributed by atoms with E-state index in [0.717, 1.165) is 32.1 Å². The fourth-order valence-corrected chi connectivity index (χ4v) is 9.97. The lowest BCUT2D eigenvalue weighted by molar-refractivity contribution is -0.345. The normalized spacial score (nSPS) is 37.4. The molecule has 0 aromatic heterocycles. The summed E-state index contributed by atoms with van der Waals surface area (Å²) in [4.78, 5) is 36.0. The molecule has 9 aliphatic rings. The first kappa shape index (κ1) is 43.3. The molecule has 4 atom stereocenters. The van der Waals surface area contributed by atoms with Crippen LogP contribution in [-0.2, 0) is 33.3 Å². The van der Waals surface area contributed by atoms with E-state index in [1.165, 1.54) is 14.2 Å². The molecule has 0 aromatic rings. The van der Waals surface area contributed by atoms with Crippen molar-refractivity contribution in [2.45, 2.75) is 109 Å². The standard InChI is InChI=1S/C16H20F4O4.C12H16O3.C4H6F4O2.2CH4/c1-22-12(21)13-4-9-2-10(5-13)16(11(3-9)6-13)23-7-14(17,18)15(19,20)8-24-16;1-15-11(14)12-4-7-2-8(5-12)10(13)9(3-7)6-12;5-3(6,1-9)4(7,8)2-10;;/h9-11H,2-8H2,1H3;7-9H,2-6H2,1H3;9-10H,1-2H2;2*1H4. The number of Topliss-reactive ketones (excluding diaryl/α,β-unsaturated/α-hetero) is 1. The number of alkyl halides is 8. The van der Waals surface area contributed by atoms with Crippen molar-refractivity contribution in [2.24, 2.45) is 46.3 Å². The molecule has 17 heteroatoms. The highest BCUT2D eigenvalue weighted by Crippen LogP contribution is 2.66. The number of carbonyl (C=O) groups excluding carboxylic acids is 3. The Morgan fingerprint density at radius 2 is 1.04 bits per heavy atom. The number of rotatable bonds is 5. The lowest BCUT2D eigenvalue weighted by Gasteiger charge is -2.62. The quantitative estimate of drug-likeness (QED) is 0.254. The predicted octanol–water partition coefficient (Wildman–Crippen LogP) is 6.07. The SMILES string of the molecule is C.C.COC(=O)C12CC3CC(C1)C(=O)C(C3)C2.COC(=O)C12CC3CC(C1)C1(OCC(F)(F)C(F)(F)CO1)C(C3)C2.OCC(F)(F)C(F)(F)CO. The number of ether oxygens (including phenoxy) is 4. The number of hydrogen-bond donors (Lipinski definition) is 2. The largest absolute Gasteiger partial charge is 0.469 e. The van der Waals surface area contributed by atoms with Crippen molar-refractivity contribution in [2.75, 3.05) is 40.6 Å². The maximum Gasteiger partial charge on any atom is 0.335 e. The Bertz CT molecular complexity index is 1230. The molecule has 8 bridgehead atoms. The summed E-state index contributed by atoms with van der Waals surface area (Å²) in [5.41, 5.74) is -0.945. The molecule has 0 radical (unpaired) electrons. The van der Waals surface area contributed by atoms with E-state index in [4.69, 9.17) is 29.2 Å². The molecule has 8 aliphatic carbocycles. The third kappa shape index (κ3) is 7.26. The number of aliphatic hydroxyl groups excluding tert-OH is 2. The first-order chi connectivity index (χ1) is 22.7. The van der Waals surface area contributed by atoms with E-state index in [2.05, 4.69) is 0 Å². The summed E-state index contributed by atoms with van der Waals surface area (Å²) in [5, 5.41) is 15.4. The van der Waals surface area contributed by atoms with Crippen LogP contribution in [0, 0.1) is 46.3 Å². The van der Waals surface area contributed by atoms with Gasteiger partial charge < -0.3 is 29.2 Å². The molecule has 1 aliphatic heterocycles. The van der Waals surface area contributed by atoms with Crippen molar-refractivity contribution < 1.29 is 78.7 Å². The van der Waals surface area contributed by atoms with E-state index in [9.17, 15) is 49.5 Å². The van der Waals surface area contributed by atoms with Gasteiger partial charge in [-0.1, -0.05) is 14.9 Å². The van der Waals surface area contributed by atoms with Gasteiger partial charge in [-0.2, -0.15) is 35.1 Å². The average molecular weight is 755 g/mol. The molecule has 4 unspecified atom stereocenters. The Hall–Kier alpha value is -2.11. The Morgan fingerprint density at radius 3 is 1.39 bits per heavy atom. The van der Waals surface area contributed by atoms with Crippen LogP contribution in [0.4, 0.5) is 35.1 Å². The van der Waals surface area contributed by atoms with Gasteiger partial charge in [-0.15, -0.1) is 0 Å². The third-order valence-electron chi connectivity index (χ3n) is 12.0. The first-order valence-corrected chi connectivity index (χ1v) is 16.4. The van der Waals surface area contributed by atoms with Gasteiger partial charge in [-0.25, -0.2) is 0 Å². The van der Waals surface area contributed by atoms with Gasteiger partial charge in [-0.05, 0) is 76.0 Å². The van der Waals surface area contributed by atoms with E-state index in [1.54, 1.807) is 0 Å². The van der Waals surface area contributed by atoms with Gasteiger partial charge in [0.1, 0.15) is 32.2 Å². The van der Waals surface area contributed by atoms with Crippen molar-refractivity contribution >= 4 is 17.7 Å². The van der Waals surface area contributed by atoms with Gasteiger partial charge in [0.25, 0.3) is 0 Å². The smallest absolute Gasteiger partial charge is 0.335 e. The van der Waals surface area contributed by atoms with Crippen molar-refractivity contribution in [3.8, 4) is 0 Å². The highest BCUT2D eigenvalue weighted by atomic mass is 19.3. The minimum Gasteiger partial charge on any atom is -0.469 e. The second kappa shape index (κ2) is 14.6. The molecule has 9 fully saturated rings. The Labute approximate surface area is 292 Å². The maximum absolute atomic E-state index is 13.7. The van der Waals surface area contributed by atoms with Gasteiger partial charge in [0.2, 0.25) is 0 Å². The molecule has 51 heavy (non-hydrogen) atoms. The van der Waals surface area contributed by atoms with Gasteiger partial charge in [-0.3, -0.25) is 14.4 Å². The van der Waals surface area contributed by atoms with Gasteiger partial charge >= 0.3 is 35.6 Å². The van der Waals surface area contributed by atoms with Crippen molar-refractivity contribution in [3.63, 3.8) is 0 Å². The number of hydrogen-bond acceptors (Lipinski definition) is 9. The summed E-state index contributed by atoms with van der Waals surface area (Å²) in [6.45, 7) is -6.66. The lowest BCUT2D eigenvalue weighted by atomic mass is 9.47. The maximum atomic E-state index is 13.7. The van der Waals surface area contributed by atoms with Crippen LogP contribution in [0.25, 0.3) is 0 Å². The summed E-state index contributed by atoms with van der Waals surface area (Å²) in [6, 6.07) is 0. The summed E-state index contributed by atoms with van der Waals surface area (Å²) in [5.74, 6) is -18.5. The number of esters is 2. The summed E-state index contributed by atoms with van der Waals surface area (Å²) in [7, 11) is 2.79. The van der Waals surface area contributed by atoms with Crippen LogP contribution in [0.15, 0.2) is 0 Å². The second-order valence-electron chi connectivity index (χ2n) is 15.1. The zero-order chi connectivity index (χ0) is 36.4. The highest BCUT2D eigenvalue weighted by molar-refractivity contribution is 5.89.